The molecule has 1 atom stereocenters. The van der Waals surface area contributed by atoms with Crippen molar-refractivity contribution in [3.63, 3.8) is 0 Å². The van der Waals surface area contributed by atoms with Gasteiger partial charge in [0.15, 0.2) is 9.84 Å². The van der Waals surface area contributed by atoms with Crippen molar-refractivity contribution >= 4 is 21.7 Å². The molecule has 0 bridgehead atoms. The zero-order valence-corrected chi connectivity index (χ0v) is 17.9. The summed E-state index contributed by atoms with van der Waals surface area (Å²) in [5.74, 6) is -0.417. The van der Waals surface area contributed by atoms with Crippen molar-refractivity contribution in [2.75, 3.05) is 24.6 Å². The molecule has 0 spiro atoms. The molecule has 9 heteroatoms. The van der Waals surface area contributed by atoms with Crippen molar-refractivity contribution in [1.82, 2.24) is 10.2 Å². The second kappa shape index (κ2) is 9.62. The maximum atomic E-state index is 12.6. The predicted octanol–water partition coefficient (Wildman–Crippen LogP) is 1.51. The molecule has 0 saturated carbocycles. The van der Waals surface area contributed by atoms with Gasteiger partial charge in [-0.05, 0) is 31.2 Å². The van der Waals surface area contributed by atoms with E-state index in [1.165, 1.54) is 4.90 Å². The molecule has 1 unspecified atom stereocenters. The van der Waals surface area contributed by atoms with E-state index in [1.54, 1.807) is 49.4 Å². The number of carbonyl (C=O) groups is 2. The number of nitrogens with zero attached hydrogens (tertiary/aromatic N) is 2. The van der Waals surface area contributed by atoms with Crippen LogP contribution in [0.25, 0.3) is 0 Å². The Labute approximate surface area is 181 Å². The minimum atomic E-state index is -3.09. The number of nitrogens with one attached hydrogen (secondary N) is 1. The number of amides is 2. The summed E-state index contributed by atoms with van der Waals surface area (Å²) in [6.07, 6.45) is 0. The monoisotopic (exact) mass is 441 g/mol. The summed E-state index contributed by atoms with van der Waals surface area (Å²) in [5.41, 5.74) is 1.59. The van der Waals surface area contributed by atoms with Crippen molar-refractivity contribution in [3.8, 4) is 11.8 Å². The van der Waals surface area contributed by atoms with Gasteiger partial charge < -0.3 is 15.0 Å². The first-order valence-electron chi connectivity index (χ1n) is 9.80. The average molecular weight is 442 g/mol. The van der Waals surface area contributed by atoms with Crippen LogP contribution < -0.4 is 10.1 Å². The maximum Gasteiger partial charge on any atom is 0.252 e. The third kappa shape index (κ3) is 5.83. The van der Waals surface area contributed by atoms with E-state index in [0.717, 1.165) is 5.56 Å². The first-order valence-corrected chi connectivity index (χ1v) is 11.6. The van der Waals surface area contributed by atoms with Gasteiger partial charge in [0.05, 0.1) is 23.1 Å². The van der Waals surface area contributed by atoms with E-state index in [-0.39, 0.29) is 37.1 Å². The van der Waals surface area contributed by atoms with E-state index in [4.69, 9.17) is 10.00 Å². The molecule has 2 aromatic rings. The number of benzene rings is 2. The van der Waals surface area contributed by atoms with E-state index >= 15 is 0 Å². The van der Waals surface area contributed by atoms with Gasteiger partial charge in [-0.15, -0.1) is 0 Å². The van der Waals surface area contributed by atoms with Crippen molar-refractivity contribution in [1.29, 1.82) is 5.26 Å². The van der Waals surface area contributed by atoms with Gasteiger partial charge in [0, 0.05) is 24.2 Å². The number of nitriles is 1. The van der Waals surface area contributed by atoms with E-state index in [2.05, 4.69) is 11.4 Å². The average Bonchev–Trinajstić information content (AvgIpc) is 2.77. The van der Waals surface area contributed by atoms with Gasteiger partial charge in [0.2, 0.25) is 5.91 Å². The number of hydrogen-bond acceptors (Lipinski definition) is 6. The van der Waals surface area contributed by atoms with Gasteiger partial charge >= 0.3 is 0 Å². The summed E-state index contributed by atoms with van der Waals surface area (Å²) in [4.78, 5) is 26.6. The van der Waals surface area contributed by atoms with Crippen LogP contribution in [0.1, 0.15) is 28.4 Å². The van der Waals surface area contributed by atoms with Crippen LogP contribution in [0.4, 0.5) is 0 Å². The van der Waals surface area contributed by atoms with E-state index in [0.29, 0.717) is 16.9 Å². The molecule has 1 saturated heterocycles. The Morgan fingerprint density at radius 3 is 2.58 bits per heavy atom. The fourth-order valence-corrected chi connectivity index (χ4v) is 4.39. The molecule has 0 aliphatic carbocycles. The summed E-state index contributed by atoms with van der Waals surface area (Å²) in [7, 11) is -3.09. The first-order chi connectivity index (χ1) is 14.8. The van der Waals surface area contributed by atoms with Crippen LogP contribution in [0.2, 0.25) is 0 Å². The predicted molar refractivity (Wildman–Crippen MR) is 114 cm³/mol. The molecular weight excluding hydrogens is 418 g/mol. The second-order valence-electron chi connectivity index (χ2n) is 7.26. The highest BCUT2D eigenvalue weighted by molar-refractivity contribution is 7.91. The van der Waals surface area contributed by atoms with Gasteiger partial charge in [0.25, 0.3) is 5.91 Å². The van der Waals surface area contributed by atoms with E-state index in [9.17, 15) is 18.0 Å². The largest absolute Gasteiger partial charge is 0.489 e. The molecule has 0 radical (unpaired) electrons. The Bertz CT molecular complexity index is 1110. The van der Waals surface area contributed by atoms with Crippen molar-refractivity contribution in [2.24, 2.45) is 0 Å². The van der Waals surface area contributed by atoms with Crippen LogP contribution >= 0.6 is 0 Å². The van der Waals surface area contributed by atoms with Gasteiger partial charge in [-0.2, -0.15) is 5.26 Å². The smallest absolute Gasteiger partial charge is 0.252 e. The highest BCUT2D eigenvalue weighted by Crippen LogP contribution is 2.17. The summed E-state index contributed by atoms with van der Waals surface area (Å²) in [6.45, 7) is 2.02. The van der Waals surface area contributed by atoms with E-state index < -0.39 is 21.8 Å². The highest BCUT2D eigenvalue weighted by atomic mass is 32.2. The molecular formula is C22H23N3O5S. The SMILES string of the molecule is CC(NC(=O)c1cccc(OCc2ccccc2C#N)c1)C(=O)N1CCS(=O)(=O)CC1. The Balaban J connectivity index is 1.59. The highest BCUT2D eigenvalue weighted by Gasteiger charge is 2.28. The van der Waals surface area contributed by atoms with Crippen molar-refractivity contribution in [2.45, 2.75) is 19.6 Å². The molecule has 2 amide bonds. The Kier molecular flexibility index (Phi) is 6.92. The van der Waals surface area contributed by atoms with Gasteiger partial charge in [-0.25, -0.2) is 8.42 Å². The van der Waals surface area contributed by atoms with Crippen LogP contribution in [0.3, 0.4) is 0 Å². The lowest BCUT2D eigenvalue weighted by molar-refractivity contribution is -0.132. The Morgan fingerprint density at radius 2 is 1.87 bits per heavy atom. The minimum absolute atomic E-state index is 0.0618. The molecule has 0 aromatic heterocycles. The summed E-state index contributed by atoms with van der Waals surface area (Å²) in [6, 6.07) is 15.0. The van der Waals surface area contributed by atoms with Crippen LogP contribution in [-0.2, 0) is 21.2 Å². The lowest BCUT2D eigenvalue weighted by Crippen LogP contribution is -2.51. The number of rotatable bonds is 6. The number of sulfone groups is 1. The topological polar surface area (TPSA) is 117 Å². The molecule has 2 aromatic carbocycles. The normalized spacial score (nSPS) is 16.1. The van der Waals surface area contributed by atoms with Crippen LogP contribution in [0, 0.1) is 11.3 Å². The van der Waals surface area contributed by atoms with Gasteiger partial charge in [-0.3, -0.25) is 9.59 Å². The maximum absolute atomic E-state index is 12.6. The number of ether oxygens (including phenoxy) is 1. The standard InChI is InChI=1S/C22H23N3O5S/c1-16(22(27)25-9-11-31(28,29)12-10-25)24-21(26)17-7-4-8-20(13-17)30-15-19-6-3-2-5-18(19)14-23/h2-8,13,16H,9-12,15H2,1H3,(H,24,26). The molecule has 162 valence electrons. The number of carbonyl (C=O) groups excluding carboxylic acids is 2. The van der Waals surface area contributed by atoms with Gasteiger partial charge in [0.1, 0.15) is 18.4 Å². The molecule has 3 rings (SSSR count). The zero-order valence-electron chi connectivity index (χ0n) is 17.1. The third-order valence-corrected chi connectivity index (χ3v) is 6.61. The molecule has 1 N–H and O–H groups in total. The Hall–Kier alpha value is -3.38. The zero-order chi connectivity index (χ0) is 22.4. The Morgan fingerprint density at radius 1 is 1.16 bits per heavy atom. The molecule has 1 fully saturated rings. The van der Waals surface area contributed by atoms with Crippen LogP contribution in [0.5, 0.6) is 5.75 Å². The molecule has 1 aliphatic rings. The summed E-state index contributed by atoms with van der Waals surface area (Å²) in [5, 5.41) is 11.8. The summed E-state index contributed by atoms with van der Waals surface area (Å²) < 4.78 is 28.8. The lowest BCUT2D eigenvalue weighted by Gasteiger charge is -2.29. The summed E-state index contributed by atoms with van der Waals surface area (Å²) >= 11 is 0. The van der Waals surface area contributed by atoms with Crippen LogP contribution in [-0.4, -0.2) is 55.8 Å². The fraction of sp³-hybridized carbons (Fsp3) is 0.318. The fourth-order valence-electron chi connectivity index (χ4n) is 3.19. The first kappa shape index (κ1) is 22.3. The molecule has 8 nitrogen and oxygen atoms in total. The second-order valence-corrected chi connectivity index (χ2v) is 9.56. The van der Waals surface area contributed by atoms with Gasteiger partial charge in [-0.1, -0.05) is 24.3 Å². The van der Waals surface area contributed by atoms with Crippen molar-refractivity contribution in [3.05, 3.63) is 65.2 Å². The number of hydrogen-bond donors (Lipinski definition) is 1. The molecule has 31 heavy (non-hydrogen) atoms. The van der Waals surface area contributed by atoms with Crippen molar-refractivity contribution < 1.29 is 22.7 Å². The van der Waals surface area contributed by atoms with E-state index in [1.807, 2.05) is 6.07 Å². The lowest BCUT2D eigenvalue weighted by atomic mass is 10.1. The third-order valence-electron chi connectivity index (χ3n) is 5.00. The minimum Gasteiger partial charge on any atom is -0.489 e. The van der Waals surface area contributed by atoms with Crippen LogP contribution in [0.15, 0.2) is 48.5 Å². The molecule has 1 aliphatic heterocycles. The molecule has 1 heterocycles. The quantitative estimate of drug-likeness (QED) is 0.726.